The molecule has 1 aromatic carbocycles. The van der Waals surface area contributed by atoms with Crippen molar-refractivity contribution in [3.8, 4) is 0 Å². The van der Waals surface area contributed by atoms with Crippen molar-refractivity contribution in [2.45, 2.75) is 26.7 Å². The molecule has 18 heavy (non-hydrogen) atoms. The summed E-state index contributed by atoms with van der Waals surface area (Å²) < 4.78 is 5.52. The molecule has 2 nitrogen and oxygen atoms in total. The molecule has 1 aromatic heterocycles. The van der Waals surface area contributed by atoms with Crippen LogP contribution in [0.15, 0.2) is 40.3 Å². The van der Waals surface area contributed by atoms with Gasteiger partial charge >= 0.3 is 0 Å². The third-order valence-corrected chi connectivity index (χ3v) is 3.28. The normalized spacial score (nSPS) is 10.6. The van der Waals surface area contributed by atoms with Gasteiger partial charge in [0.05, 0.1) is 5.02 Å². The zero-order valence-corrected chi connectivity index (χ0v) is 11.3. The van der Waals surface area contributed by atoms with Crippen LogP contribution >= 0.6 is 11.6 Å². The minimum atomic E-state index is -0.0963. The number of ketones is 1. The van der Waals surface area contributed by atoms with Crippen LogP contribution in [0.2, 0.25) is 5.02 Å². The highest BCUT2D eigenvalue weighted by atomic mass is 35.5. The molecule has 0 atom stereocenters. The number of rotatable bonds is 4. The lowest BCUT2D eigenvalue weighted by molar-refractivity contribution is 0.102. The fourth-order valence-corrected chi connectivity index (χ4v) is 2.08. The van der Waals surface area contributed by atoms with Crippen LogP contribution in [0.4, 0.5) is 0 Å². The molecule has 0 aliphatic carbocycles. The van der Waals surface area contributed by atoms with Gasteiger partial charge in [0.25, 0.3) is 0 Å². The predicted molar refractivity (Wildman–Crippen MR) is 74.2 cm³/mol. The maximum Gasteiger partial charge on any atom is 0.220 e. The molecule has 94 valence electrons. The first-order valence-corrected chi connectivity index (χ1v) is 6.45. The zero-order valence-electron chi connectivity index (χ0n) is 10.5. The summed E-state index contributed by atoms with van der Waals surface area (Å²) >= 11 is 6.01. The van der Waals surface area contributed by atoms with Gasteiger partial charge in [0.1, 0.15) is 0 Å². The van der Waals surface area contributed by atoms with E-state index >= 15 is 0 Å². The largest absolute Gasteiger partial charge is 0.451 e. The van der Waals surface area contributed by atoms with Crippen molar-refractivity contribution < 1.29 is 9.21 Å². The Balaban J connectivity index is 2.40. The summed E-state index contributed by atoms with van der Waals surface area (Å²) in [5.41, 5.74) is 1.69. The number of allylic oxidation sites excluding steroid dienone is 2. The van der Waals surface area contributed by atoms with Crippen LogP contribution in [0.1, 0.15) is 37.2 Å². The Morgan fingerprint density at radius 1 is 1.33 bits per heavy atom. The van der Waals surface area contributed by atoms with E-state index in [0.717, 1.165) is 23.8 Å². The van der Waals surface area contributed by atoms with Gasteiger partial charge < -0.3 is 4.42 Å². The molecule has 0 N–H and O–H groups in total. The molecule has 0 radical (unpaired) electrons. The summed E-state index contributed by atoms with van der Waals surface area (Å²) in [6.45, 7) is 4.08. The van der Waals surface area contributed by atoms with Gasteiger partial charge in [0.2, 0.25) is 5.78 Å². The molecule has 0 aliphatic rings. The summed E-state index contributed by atoms with van der Waals surface area (Å²) in [5.74, 6) is 0.249. The highest BCUT2D eigenvalue weighted by Crippen LogP contribution is 2.27. The van der Waals surface area contributed by atoms with E-state index in [4.69, 9.17) is 16.0 Å². The Morgan fingerprint density at radius 2 is 2.06 bits per heavy atom. The van der Waals surface area contributed by atoms with Crippen LogP contribution in [0.25, 0.3) is 11.0 Å². The minimum Gasteiger partial charge on any atom is -0.451 e. The topological polar surface area (TPSA) is 30.2 Å². The fraction of sp³-hybridized carbons (Fsp3) is 0.267. The number of fused-ring (bicyclic) bond motifs is 1. The second-order valence-electron chi connectivity index (χ2n) is 4.14. The molecule has 2 aromatic rings. The molecule has 0 saturated heterocycles. The molecule has 0 aliphatic heterocycles. The smallest absolute Gasteiger partial charge is 0.220 e. The van der Waals surface area contributed by atoms with E-state index in [0.29, 0.717) is 16.4 Å². The first kappa shape index (κ1) is 12.9. The summed E-state index contributed by atoms with van der Waals surface area (Å²) in [6.07, 6.45) is 3.41. The van der Waals surface area contributed by atoms with Gasteiger partial charge in [-0.1, -0.05) is 43.2 Å². The molecule has 0 fully saturated rings. The molecule has 1 heterocycles. The molecule has 0 bridgehead atoms. The van der Waals surface area contributed by atoms with E-state index in [1.807, 2.05) is 26.0 Å². The number of hydrogen-bond acceptors (Lipinski definition) is 2. The van der Waals surface area contributed by atoms with E-state index in [2.05, 4.69) is 0 Å². The fourth-order valence-electron chi connectivity index (χ4n) is 1.86. The summed E-state index contributed by atoms with van der Waals surface area (Å²) in [5, 5.41) is 1.38. The summed E-state index contributed by atoms with van der Waals surface area (Å²) in [6, 6.07) is 7.21. The van der Waals surface area contributed by atoms with Gasteiger partial charge in [-0.3, -0.25) is 4.79 Å². The number of carbonyl (C=O) groups excluding carboxylic acids is 1. The van der Waals surface area contributed by atoms with E-state index in [1.54, 1.807) is 18.2 Å². The van der Waals surface area contributed by atoms with E-state index < -0.39 is 0 Å². The van der Waals surface area contributed by atoms with Crippen molar-refractivity contribution in [2.75, 3.05) is 0 Å². The van der Waals surface area contributed by atoms with Crippen LogP contribution in [0.5, 0.6) is 0 Å². The first-order valence-electron chi connectivity index (χ1n) is 6.07. The van der Waals surface area contributed by atoms with Crippen LogP contribution < -0.4 is 0 Å². The van der Waals surface area contributed by atoms with Crippen LogP contribution in [0, 0.1) is 0 Å². The number of carbonyl (C=O) groups is 1. The monoisotopic (exact) mass is 262 g/mol. The molecular formula is C15H15ClO2. The molecular weight excluding hydrogens is 248 g/mol. The maximum atomic E-state index is 12.0. The quantitative estimate of drug-likeness (QED) is 0.572. The van der Waals surface area contributed by atoms with Crippen LogP contribution in [0.3, 0.4) is 0 Å². The summed E-state index contributed by atoms with van der Waals surface area (Å²) in [4.78, 5) is 12.0. The van der Waals surface area contributed by atoms with Crippen molar-refractivity contribution in [2.24, 2.45) is 0 Å². The van der Waals surface area contributed by atoms with Gasteiger partial charge in [-0.25, -0.2) is 0 Å². The van der Waals surface area contributed by atoms with E-state index in [9.17, 15) is 4.79 Å². The van der Waals surface area contributed by atoms with Crippen molar-refractivity contribution in [3.05, 3.63) is 46.7 Å². The average molecular weight is 263 g/mol. The molecule has 0 amide bonds. The number of halogens is 1. The number of para-hydroxylation sites is 1. The molecule has 3 heteroatoms. The van der Waals surface area contributed by atoms with Gasteiger partial charge in [-0.05, 0) is 31.1 Å². The Labute approximate surface area is 111 Å². The van der Waals surface area contributed by atoms with Gasteiger partial charge in [-0.2, -0.15) is 0 Å². The third kappa shape index (κ3) is 2.49. The Kier molecular flexibility index (Phi) is 3.87. The Hall–Kier alpha value is -1.54. The van der Waals surface area contributed by atoms with E-state index in [-0.39, 0.29) is 5.78 Å². The lowest BCUT2D eigenvalue weighted by Crippen LogP contribution is -1.93. The SMILES string of the molecule is CCC(=CC(=O)c1cc2cccc(Cl)c2o1)CC. The number of benzene rings is 1. The lowest BCUT2D eigenvalue weighted by Gasteiger charge is -1.97. The zero-order chi connectivity index (χ0) is 13.1. The highest BCUT2D eigenvalue weighted by molar-refractivity contribution is 6.34. The van der Waals surface area contributed by atoms with Crippen LogP contribution in [-0.2, 0) is 0 Å². The van der Waals surface area contributed by atoms with Gasteiger partial charge in [-0.15, -0.1) is 0 Å². The average Bonchev–Trinajstić information content (AvgIpc) is 2.81. The van der Waals surface area contributed by atoms with Crippen molar-refractivity contribution in [3.63, 3.8) is 0 Å². The third-order valence-electron chi connectivity index (χ3n) is 2.98. The number of furan rings is 1. The Morgan fingerprint density at radius 3 is 2.67 bits per heavy atom. The van der Waals surface area contributed by atoms with Gasteiger partial charge in [0, 0.05) is 5.39 Å². The van der Waals surface area contributed by atoms with E-state index in [1.165, 1.54) is 0 Å². The molecule has 0 spiro atoms. The summed E-state index contributed by atoms with van der Waals surface area (Å²) in [7, 11) is 0. The lowest BCUT2D eigenvalue weighted by atomic mass is 10.1. The Bertz CT molecular complexity index is 602. The predicted octanol–water partition coefficient (Wildman–Crippen LogP) is 5.02. The van der Waals surface area contributed by atoms with Gasteiger partial charge in [0.15, 0.2) is 11.3 Å². The minimum absolute atomic E-state index is 0.0963. The maximum absolute atomic E-state index is 12.0. The highest BCUT2D eigenvalue weighted by Gasteiger charge is 2.12. The second-order valence-corrected chi connectivity index (χ2v) is 4.55. The van der Waals surface area contributed by atoms with Crippen molar-refractivity contribution >= 4 is 28.4 Å². The van der Waals surface area contributed by atoms with Crippen molar-refractivity contribution in [1.82, 2.24) is 0 Å². The standard InChI is InChI=1S/C15H15ClO2/c1-3-10(4-2)8-13(17)14-9-11-6-5-7-12(16)15(11)18-14/h5-9H,3-4H2,1-2H3. The van der Waals surface area contributed by atoms with Crippen LogP contribution in [-0.4, -0.2) is 5.78 Å². The second kappa shape index (κ2) is 5.40. The van der Waals surface area contributed by atoms with Crippen molar-refractivity contribution in [1.29, 1.82) is 0 Å². The molecule has 2 rings (SSSR count). The first-order chi connectivity index (χ1) is 8.65. The number of hydrogen-bond donors (Lipinski definition) is 0. The molecule has 0 unspecified atom stereocenters. The molecule has 0 saturated carbocycles.